The summed E-state index contributed by atoms with van der Waals surface area (Å²) in [6.07, 6.45) is 0.785. The molecule has 1 fully saturated rings. The SMILES string of the molecule is Cc1ccc(C(=O)N2CCC(N)C(C)(C)C2)cc1F.Cl. The number of piperidine rings is 1. The van der Waals surface area contributed by atoms with Crippen LogP contribution >= 0.6 is 12.4 Å². The predicted octanol–water partition coefficient (Wildman–Crippen LogP) is 2.76. The molecule has 1 aliphatic heterocycles. The van der Waals surface area contributed by atoms with Gasteiger partial charge in [-0.3, -0.25) is 4.79 Å². The second-order valence-electron chi connectivity index (χ2n) is 6.07. The Balaban J connectivity index is 0.00000200. The van der Waals surface area contributed by atoms with Gasteiger partial charge in [-0.1, -0.05) is 19.9 Å². The third-order valence-electron chi connectivity index (χ3n) is 4.02. The normalized spacial score (nSPS) is 21.2. The fourth-order valence-corrected chi connectivity index (χ4v) is 2.46. The van der Waals surface area contributed by atoms with Crippen molar-refractivity contribution in [3.8, 4) is 0 Å². The van der Waals surface area contributed by atoms with Crippen molar-refractivity contribution in [3.63, 3.8) is 0 Å². The van der Waals surface area contributed by atoms with Crippen LogP contribution in [0.1, 0.15) is 36.2 Å². The van der Waals surface area contributed by atoms with E-state index in [1.165, 1.54) is 6.07 Å². The minimum absolute atomic E-state index is 0. The Labute approximate surface area is 125 Å². The number of carbonyl (C=O) groups excluding carboxylic acids is 1. The van der Waals surface area contributed by atoms with E-state index >= 15 is 0 Å². The zero-order chi connectivity index (χ0) is 14.2. The van der Waals surface area contributed by atoms with Crippen LogP contribution in [0.4, 0.5) is 4.39 Å². The monoisotopic (exact) mass is 300 g/mol. The van der Waals surface area contributed by atoms with E-state index in [0.717, 1.165) is 6.42 Å². The van der Waals surface area contributed by atoms with Crippen molar-refractivity contribution in [1.82, 2.24) is 4.90 Å². The molecule has 0 bridgehead atoms. The lowest BCUT2D eigenvalue weighted by Crippen LogP contribution is -2.54. The lowest BCUT2D eigenvalue weighted by molar-refractivity contribution is 0.0532. The number of benzene rings is 1. The molecule has 1 aromatic carbocycles. The molecule has 2 N–H and O–H groups in total. The molecule has 1 unspecified atom stereocenters. The average Bonchev–Trinajstić information content (AvgIpc) is 2.35. The second-order valence-corrected chi connectivity index (χ2v) is 6.07. The van der Waals surface area contributed by atoms with Gasteiger partial charge >= 0.3 is 0 Å². The molecule has 1 aromatic rings. The molecule has 1 amide bonds. The molecule has 0 saturated carbocycles. The fourth-order valence-electron chi connectivity index (χ4n) is 2.46. The first-order valence-electron chi connectivity index (χ1n) is 6.62. The largest absolute Gasteiger partial charge is 0.338 e. The van der Waals surface area contributed by atoms with Gasteiger partial charge in [-0.05, 0) is 36.5 Å². The summed E-state index contributed by atoms with van der Waals surface area (Å²) in [7, 11) is 0. The number of hydrogen-bond acceptors (Lipinski definition) is 2. The maximum atomic E-state index is 13.5. The van der Waals surface area contributed by atoms with Crippen LogP contribution < -0.4 is 5.73 Å². The molecular formula is C15H22ClFN2O. The minimum atomic E-state index is -0.334. The number of likely N-dealkylation sites (tertiary alicyclic amines) is 1. The minimum Gasteiger partial charge on any atom is -0.338 e. The number of hydrogen-bond donors (Lipinski definition) is 1. The number of halogens is 2. The summed E-state index contributed by atoms with van der Waals surface area (Å²) in [5.74, 6) is -0.447. The molecule has 1 atom stereocenters. The van der Waals surface area contributed by atoms with E-state index in [9.17, 15) is 9.18 Å². The lowest BCUT2D eigenvalue weighted by Gasteiger charge is -2.42. The van der Waals surface area contributed by atoms with Crippen LogP contribution in [0, 0.1) is 18.2 Å². The Bertz CT molecular complexity index is 505. The number of nitrogens with two attached hydrogens (primary N) is 1. The maximum Gasteiger partial charge on any atom is 0.253 e. The van der Waals surface area contributed by atoms with Crippen molar-refractivity contribution in [3.05, 3.63) is 35.1 Å². The molecule has 1 saturated heterocycles. The van der Waals surface area contributed by atoms with E-state index in [0.29, 0.717) is 24.2 Å². The van der Waals surface area contributed by atoms with Crippen LogP contribution in [0.15, 0.2) is 18.2 Å². The zero-order valence-electron chi connectivity index (χ0n) is 12.1. The van der Waals surface area contributed by atoms with Crippen LogP contribution in [-0.2, 0) is 0 Å². The first-order chi connectivity index (χ1) is 8.81. The molecule has 3 nitrogen and oxygen atoms in total. The van der Waals surface area contributed by atoms with Crippen molar-refractivity contribution < 1.29 is 9.18 Å². The van der Waals surface area contributed by atoms with Crippen molar-refractivity contribution >= 4 is 18.3 Å². The molecule has 0 radical (unpaired) electrons. The Morgan fingerprint density at radius 3 is 2.65 bits per heavy atom. The lowest BCUT2D eigenvalue weighted by atomic mass is 9.79. The van der Waals surface area contributed by atoms with Gasteiger partial charge in [0.15, 0.2) is 0 Å². The van der Waals surface area contributed by atoms with E-state index in [1.807, 2.05) is 0 Å². The molecule has 112 valence electrons. The summed E-state index contributed by atoms with van der Waals surface area (Å²) in [5, 5.41) is 0. The summed E-state index contributed by atoms with van der Waals surface area (Å²) >= 11 is 0. The van der Waals surface area contributed by atoms with E-state index in [1.54, 1.807) is 24.0 Å². The van der Waals surface area contributed by atoms with Gasteiger partial charge in [0.25, 0.3) is 5.91 Å². The van der Waals surface area contributed by atoms with Gasteiger partial charge in [-0.2, -0.15) is 0 Å². The molecule has 0 spiro atoms. The third-order valence-corrected chi connectivity index (χ3v) is 4.02. The molecule has 20 heavy (non-hydrogen) atoms. The number of rotatable bonds is 1. The number of amides is 1. The van der Waals surface area contributed by atoms with Crippen molar-refractivity contribution in [2.75, 3.05) is 13.1 Å². The Hall–Kier alpha value is -1.13. The van der Waals surface area contributed by atoms with Crippen LogP contribution in [-0.4, -0.2) is 29.9 Å². The topological polar surface area (TPSA) is 46.3 Å². The molecule has 0 aliphatic carbocycles. The number of nitrogens with zero attached hydrogens (tertiary/aromatic N) is 1. The standard InChI is InChI=1S/C15H21FN2O.ClH/c1-10-4-5-11(8-12(10)16)14(19)18-7-6-13(17)15(2,3)9-18;/h4-5,8,13H,6-7,9,17H2,1-3H3;1H. The summed E-state index contributed by atoms with van der Waals surface area (Å²) in [4.78, 5) is 14.1. The van der Waals surface area contributed by atoms with Crippen molar-refractivity contribution in [2.24, 2.45) is 11.1 Å². The highest BCUT2D eigenvalue weighted by Crippen LogP contribution is 2.28. The molecular weight excluding hydrogens is 279 g/mol. The Morgan fingerprint density at radius 2 is 2.10 bits per heavy atom. The van der Waals surface area contributed by atoms with Gasteiger partial charge in [0.05, 0.1) is 0 Å². The Morgan fingerprint density at radius 1 is 1.45 bits per heavy atom. The van der Waals surface area contributed by atoms with Crippen molar-refractivity contribution in [1.29, 1.82) is 0 Å². The fraction of sp³-hybridized carbons (Fsp3) is 0.533. The van der Waals surface area contributed by atoms with E-state index < -0.39 is 0 Å². The van der Waals surface area contributed by atoms with E-state index in [4.69, 9.17) is 5.73 Å². The Kier molecular flexibility index (Phi) is 5.16. The number of carbonyl (C=O) groups is 1. The quantitative estimate of drug-likeness (QED) is 0.867. The molecule has 1 aliphatic rings. The van der Waals surface area contributed by atoms with Crippen LogP contribution in [0.2, 0.25) is 0 Å². The van der Waals surface area contributed by atoms with E-state index in [-0.39, 0.29) is 35.6 Å². The summed E-state index contributed by atoms with van der Waals surface area (Å²) < 4.78 is 13.5. The average molecular weight is 301 g/mol. The molecule has 0 aromatic heterocycles. The summed E-state index contributed by atoms with van der Waals surface area (Å²) in [5.41, 5.74) is 6.92. The van der Waals surface area contributed by atoms with Crippen LogP contribution in [0.25, 0.3) is 0 Å². The molecule has 2 rings (SSSR count). The van der Waals surface area contributed by atoms with Gasteiger partial charge in [-0.25, -0.2) is 4.39 Å². The van der Waals surface area contributed by atoms with Crippen LogP contribution in [0.3, 0.4) is 0 Å². The highest BCUT2D eigenvalue weighted by Gasteiger charge is 2.35. The summed E-state index contributed by atoms with van der Waals surface area (Å²) in [6.45, 7) is 7.06. The zero-order valence-corrected chi connectivity index (χ0v) is 13.0. The predicted molar refractivity (Wildman–Crippen MR) is 80.7 cm³/mol. The first kappa shape index (κ1) is 16.9. The van der Waals surface area contributed by atoms with Gasteiger partial charge in [0.1, 0.15) is 5.82 Å². The molecule has 5 heteroatoms. The van der Waals surface area contributed by atoms with Gasteiger partial charge in [0.2, 0.25) is 0 Å². The van der Waals surface area contributed by atoms with Crippen molar-refractivity contribution in [2.45, 2.75) is 33.2 Å². The van der Waals surface area contributed by atoms with E-state index in [2.05, 4.69) is 13.8 Å². The van der Waals surface area contributed by atoms with Gasteiger partial charge in [0, 0.05) is 24.7 Å². The highest BCUT2D eigenvalue weighted by molar-refractivity contribution is 5.94. The van der Waals surface area contributed by atoms with Gasteiger partial charge in [-0.15, -0.1) is 12.4 Å². The highest BCUT2D eigenvalue weighted by atomic mass is 35.5. The smallest absolute Gasteiger partial charge is 0.253 e. The van der Waals surface area contributed by atoms with Crippen LogP contribution in [0.5, 0.6) is 0 Å². The third kappa shape index (κ3) is 3.30. The first-order valence-corrected chi connectivity index (χ1v) is 6.62. The molecule has 1 heterocycles. The maximum absolute atomic E-state index is 13.5. The number of aryl methyl sites for hydroxylation is 1. The second kappa shape index (κ2) is 6.10. The van der Waals surface area contributed by atoms with Gasteiger partial charge < -0.3 is 10.6 Å². The summed E-state index contributed by atoms with van der Waals surface area (Å²) in [6, 6.07) is 4.75.